The molecular formula is C18H22N4O3. The summed E-state index contributed by atoms with van der Waals surface area (Å²) in [6.45, 7) is 4.96. The third kappa shape index (κ3) is 4.17. The number of amides is 3. The van der Waals surface area contributed by atoms with Crippen molar-refractivity contribution in [3.8, 4) is 11.5 Å². The van der Waals surface area contributed by atoms with Crippen molar-refractivity contribution in [2.45, 2.75) is 32.7 Å². The molecule has 2 aromatic rings. The second kappa shape index (κ2) is 7.38. The number of carbonyl (C=O) groups excluding carboxylic acids is 2. The van der Waals surface area contributed by atoms with Crippen LogP contribution in [0.4, 0.5) is 10.5 Å². The minimum atomic E-state index is -0.281. The van der Waals surface area contributed by atoms with Crippen molar-refractivity contribution >= 4 is 17.6 Å². The first-order chi connectivity index (χ1) is 12.0. The second-order valence-corrected chi connectivity index (χ2v) is 6.15. The monoisotopic (exact) mass is 342 g/mol. The Balaban J connectivity index is 1.58. The lowest BCUT2D eigenvalue weighted by molar-refractivity contribution is -0.129. The van der Waals surface area contributed by atoms with E-state index in [1.807, 2.05) is 32.0 Å². The zero-order valence-electron chi connectivity index (χ0n) is 14.4. The summed E-state index contributed by atoms with van der Waals surface area (Å²) in [5.41, 5.74) is 2.26. The van der Waals surface area contributed by atoms with Gasteiger partial charge in [-0.3, -0.25) is 4.79 Å². The van der Waals surface area contributed by atoms with Gasteiger partial charge in [-0.1, -0.05) is 13.0 Å². The topological polar surface area (TPSA) is 87.5 Å². The summed E-state index contributed by atoms with van der Waals surface area (Å²) >= 11 is 0. The highest BCUT2D eigenvalue weighted by atomic mass is 16.3. The van der Waals surface area contributed by atoms with E-state index in [4.69, 9.17) is 4.42 Å². The number of nitrogens with one attached hydrogen (secondary N) is 2. The molecule has 0 aliphatic carbocycles. The SMILES string of the molecule is CCC(=O)N1CC[C@H](NC(=O)Nc2cccc(-c3nc(C)co3)c2)C1. The molecule has 1 aromatic heterocycles. The number of benzene rings is 1. The van der Waals surface area contributed by atoms with Crippen LogP contribution in [0, 0.1) is 6.92 Å². The van der Waals surface area contributed by atoms with Crippen LogP contribution in [0.2, 0.25) is 0 Å². The van der Waals surface area contributed by atoms with Gasteiger partial charge in [-0.15, -0.1) is 0 Å². The molecule has 1 fully saturated rings. The summed E-state index contributed by atoms with van der Waals surface area (Å²) in [4.78, 5) is 30.0. The van der Waals surface area contributed by atoms with Crippen LogP contribution in [0.3, 0.4) is 0 Å². The Morgan fingerprint density at radius 2 is 2.24 bits per heavy atom. The maximum atomic E-state index is 12.2. The Morgan fingerprint density at radius 3 is 2.96 bits per heavy atom. The van der Waals surface area contributed by atoms with Crippen LogP contribution in [-0.4, -0.2) is 41.0 Å². The molecule has 1 saturated heterocycles. The number of nitrogens with zero attached hydrogens (tertiary/aromatic N) is 2. The van der Waals surface area contributed by atoms with E-state index < -0.39 is 0 Å². The molecule has 2 heterocycles. The number of urea groups is 1. The van der Waals surface area contributed by atoms with Gasteiger partial charge in [0.05, 0.1) is 5.69 Å². The molecule has 7 nitrogen and oxygen atoms in total. The minimum Gasteiger partial charge on any atom is -0.444 e. The van der Waals surface area contributed by atoms with E-state index in [9.17, 15) is 9.59 Å². The van der Waals surface area contributed by atoms with Crippen molar-refractivity contribution in [2.75, 3.05) is 18.4 Å². The van der Waals surface area contributed by atoms with Gasteiger partial charge < -0.3 is 20.0 Å². The first kappa shape index (κ1) is 17.0. The first-order valence-corrected chi connectivity index (χ1v) is 8.43. The van der Waals surface area contributed by atoms with Crippen molar-refractivity contribution in [3.05, 3.63) is 36.2 Å². The van der Waals surface area contributed by atoms with Crippen molar-refractivity contribution in [1.82, 2.24) is 15.2 Å². The van der Waals surface area contributed by atoms with Gasteiger partial charge in [0.25, 0.3) is 0 Å². The zero-order valence-corrected chi connectivity index (χ0v) is 14.4. The van der Waals surface area contributed by atoms with Gasteiger partial charge in [0.2, 0.25) is 11.8 Å². The van der Waals surface area contributed by atoms with Crippen LogP contribution < -0.4 is 10.6 Å². The molecular weight excluding hydrogens is 320 g/mol. The maximum absolute atomic E-state index is 12.2. The Morgan fingerprint density at radius 1 is 1.40 bits per heavy atom. The zero-order chi connectivity index (χ0) is 17.8. The van der Waals surface area contributed by atoms with E-state index in [0.29, 0.717) is 31.1 Å². The number of anilines is 1. The van der Waals surface area contributed by atoms with E-state index in [2.05, 4.69) is 15.6 Å². The van der Waals surface area contributed by atoms with Gasteiger partial charge in [-0.25, -0.2) is 9.78 Å². The van der Waals surface area contributed by atoms with Crippen molar-refractivity contribution in [2.24, 2.45) is 0 Å². The summed E-state index contributed by atoms with van der Waals surface area (Å²) < 4.78 is 5.39. The number of oxazole rings is 1. The number of likely N-dealkylation sites (tertiary alicyclic amines) is 1. The molecule has 132 valence electrons. The van der Waals surface area contributed by atoms with Crippen molar-refractivity contribution in [1.29, 1.82) is 0 Å². The first-order valence-electron chi connectivity index (χ1n) is 8.43. The lowest BCUT2D eigenvalue weighted by Crippen LogP contribution is -2.40. The Labute approximate surface area is 146 Å². The van der Waals surface area contributed by atoms with Crippen molar-refractivity contribution in [3.63, 3.8) is 0 Å². The molecule has 25 heavy (non-hydrogen) atoms. The number of aromatic nitrogens is 1. The largest absolute Gasteiger partial charge is 0.444 e. The molecule has 2 N–H and O–H groups in total. The predicted octanol–water partition coefficient (Wildman–Crippen LogP) is 2.78. The van der Waals surface area contributed by atoms with Gasteiger partial charge >= 0.3 is 6.03 Å². The molecule has 1 aromatic carbocycles. The lowest BCUT2D eigenvalue weighted by Gasteiger charge is -2.16. The number of hydrogen-bond acceptors (Lipinski definition) is 4. The molecule has 1 aliphatic heterocycles. The third-order valence-electron chi connectivity index (χ3n) is 4.17. The van der Waals surface area contributed by atoms with Crippen LogP contribution in [0.1, 0.15) is 25.5 Å². The molecule has 7 heteroatoms. The molecule has 3 amide bonds. The average molecular weight is 342 g/mol. The second-order valence-electron chi connectivity index (χ2n) is 6.15. The van der Waals surface area contributed by atoms with E-state index in [1.165, 1.54) is 0 Å². The highest BCUT2D eigenvalue weighted by Gasteiger charge is 2.26. The number of rotatable bonds is 4. The van der Waals surface area contributed by atoms with E-state index in [1.54, 1.807) is 17.2 Å². The van der Waals surface area contributed by atoms with Crippen LogP contribution >= 0.6 is 0 Å². The molecule has 0 spiro atoms. The molecule has 0 radical (unpaired) electrons. The minimum absolute atomic E-state index is 0.0203. The van der Waals surface area contributed by atoms with E-state index in [0.717, 1.165) is 17.7 Å². The summed E-state index contributed by atoms with van der Waals surface area (Å²) in [5.74, 6) is 0.643. The van der Waals surface area contributed by atoms with Crippen LogP contribution in [0.15, 0.2) is 34.9 Å². The fourth-order valence-electron chi connectivity index (χ4n) is 2.90. The fraction of sp³-hybridized carbons (Fsp3) is 0.389. The van der Waals surface area contributed by atoms with Crippen LogP contribution in [0.25, 0.3) is 11.5 Å². The fourth-order valence-corrected chi connectivity index (χ4v) is 2.90. The van der Waals surface area contributed by atoms with Gasteiger partial charge in [0.1, 0.15) is 6.26 Å². The van der Waals surface area contributed by atoms with E-state index in [-0.39, 0.29) is 18.0 Å². The molecule has 0 unspecified atom stereocenters. The molecule has 3 rings (SSSR count). The normalized spacial score (nSPS) is 16.7. The quantitative estimate of drug-likeness (QED) is 0.894. The maximum Gasteiger partial charge on any atom is 0.319 e. The number of aryl methyl sites for hydroxylation is 1. The standard InChI is InChI=1S/C18H22N4O3/c1-3-16(23)22-8-7-15(10-22)21-18(24)20-14-6-4-5-13(9-14)17-19-12(2)11-25-17/h4-6,9,11,15H,3,7-8,10H2,1-2H3,(H2,20,21,24)/t15-/m0/s1. The van der Waals surface area contributed by atoms with Gasteiger partial charge in [0, 0.05) is 36.8 Å². The summed E-state index contributed by atoms with van der Waals surface area (Å²) in [5, 5.41) is 5.74. The van der Waals surface area contributed by atoms with Crippen LogP contribution in [0.5, 0.6) is 0 Å². The van der Waals surface area contributed by atoms with Crippen molar-refractivity contribution < 1.29 is 14.0 Å². The third-order valence-corrected chi connectivity index (χ3v) is 4.17. The lowest BCUT2D eigenvalue weighted by atomic mass is 10.2. The summed E-state index contributed by atoms with van der Waals surface area (Å²) in [6.07, 6.45) is 2.85. The number of carbonyl (C=O) groups is 2. The molecule has 1 atom stereocenters. The molecule has 1 aliphatic rings. The summed E-state index contributed by atoms with van der Waals surface area (Å²) in [6, 6.07) is 7.03. The van der Waals surface area contributed by atoms with Crippen LogP contribution in [-0.2, 0) is 4.79 Å². The Bertz CT molecular complexity index is 771. The van der Waals surface area contributed by atoms with Gasteiger partial charge in [-0.05, 0) is 31.5 Å². The average Bonchev–Trinajstić information content (AvgIpc) is 3.23. The van der Waals surface area contributed by atoms with Gasteiger partial charge in [0.15, 0.2) is 0 Å². The summed E-state index contributed by atoms with van der Waals surface area (Å²) in [7, 11) is 0. The molecule has 0 bridgehead atoms. The number of hydrogen-bond donors (Lipinski definition) is 2. The van der Waals surface area contributed by atoms with E-state index >= 15 is 0 Å². The predicted molar refractivity (Wildman–Crippen MR) is 94.1 cm³/mol. The van der Waals surface area contributed by atoms with Gasteiger partial charge in [-0.2, -0.15) is 0 Å². The highest BCUT2D eigenvalue weighted by Crippen LogP contribution is 2.22. The smallest absolute Gasteiger partial charge is 0.319 e. The Kier molecular flexibility index (Phi) is 5.02. The molecule has 0 saturated carbocycles. The Hall–Kier alpha value is -2.83. The highest BCUT2D eigenvalue weighted by molar-refractivity contribution is 5.90.